The van der Waals surface area contributed by atoms with Crippen LogP contribution in [0.15, 0.2) is 39.6 Å². The molecular weight excluding hydrogens is 264 g/mol. The highest BCUT2D eigenvalue weighted by Crippen LogP contribution is 2.25. The third kappa shape index (κ3) is 3.39. The summed E-state index contributed by atoms with van der Waals surface area (Å²) in [7, 11) is 0. The van der Waals surface area contributed by atoms with Gasteiger partial charge in [-0.05, 0) is 30.7 Å². The fourth-order valence-corrected chi connectivity index (χ4v) is 2.46. The largest absolute Gasteiger partial charge is 0.475 e. The Morgan fingerprint density at radius 2 is 2.00 bits per heavy atom. The Hall–Kier alpha value is -1.72. The highest BCUT2D eigenvalue weighted by Gasteiger charge is 2.14. The molecule has 0 fully saturated rings. The second-order valence-electron chi connectivity index (χ2n) is 4.12. The van der Waals surface area contributed by atoms with Crippen molar-refractivity contribution in [2.75, 3.05) is 0 Å². The van der Waals surface area contributed by atoms with Crippen molar-refractivity contribution < 1.29 is 19.4 Å². The summed E-state index contributed by atoms with van der Waals surface area (Å²) in [6.07, 6.45) is 0. The molecule has 0 bridgehead atoms. The predicted molar refractivity (Wildman–Crippen MR) is 72.3 cm³/mol. The van der Waals surface area contributed by atoms with Crippen LogP contribution < -0.4 is 0 Å². The average molecular weight is 278 g/mol. The first-order chi connectivity index (χ1) is 9.10. The number of hydrogen-bond acceptors (Lipinski definition) is 4. The second-order valence-corrected chi connectivity index (χ2v) is 5.17. The monoisotopic (exact) mass is 278 g/mol. The van der Waals surface area contributed by atoms with Crippen molar-refractivity contribution in [3.8, 4) is 0 Å². The normalized spacial score (nSPS) is 10.6. The van der Waals surface area contributed by atoms with Gasteiger partial charge >= 0.3 is 5.97 Å². The van der Waals surface area contributed by atoms with E-state index in [0.29, 0.717) is 17.1 Å². The lowest BCUT2D eigenvalue weighted by Crippen LogP contribution is -1.94. The molecule has 0 spiro atoms. The van der Waals surface area contributed by atoms with Crippen molar-refractivity contribution >= 4 is 17.7 Å². The van der Waals surface area contributed by atoms with Gasteiger partial charge in [0.2, 0.25) is 5.76 Å². The number of aliphatic hydroxyl groups excluding tert-OH is 1. The van der Waals surface area contributed by atoms with Gasteiger partial charge in [0.05, 0.1) is 12.4 Å². The summed E-state index contributed by atoms with van der Waals surface area (Å²) in [5.74, 6) is 0.186. The number of furan rings is 1. The van der Waals surface area contributed by atoms with Gasteiger partial charge in [0.15, 0.2) is 0 Å². The summed E-state index contributed by atoms with van der Waals surface area (Å²) in [6.45, 7) is 1.75. The van der Waals surface area contributed by atoms with Crippen LogP contribution in [-0.4, -0.2) is 16.2 Å². The Morgan fingerprint density at radius 1 is 1.32 bits per heavy atom. The van der Waals surface area contributed by atoms with E-state index in [2.05, 4.69) is 0 Å². The van der Waals surface area contributed by atoms with Crippen LogP contribution in [0.25, 0.3) is 0 Å². The minimum absolute atomic E-state index is 0.00577. The number of carboxylic acid groups (broad SMARTS) is 1. The molecule has 1 aromatic heterocycles. The Labute approximate surface area is 115 Å². The zero-order chi connectivity index (χ0) is 13.8. The molecule has 0 aliphatic rings. The maximum Gasteiger partial charge on any atom is 0.372 e. The van der Waals surface area contributed by atoms with E-state index in [1.807, 2.05) is 24.3 Å². The molecule has 2 rings (SSSR count). The molecule has 0 aliphatic heterocycles. The molecule has 0 aliphatic carbocycles. The van der Waals surface area contributed by atoms with E-state index in [-0.39, 0.29) is 12.4 Å². The SMILES string of the molecule is Cc1cc(CSc2ccc(CO)cc2)oc1C(=O)O. The molecule has 2 aromatic rings. The molecule has 4 nitrogen and oxygen atoms in total. The van der Waals surface area contributed by atoms with E-state index < -0.39 is 5.97 Å². The summed E-state index contributed by atoms with van der Waals surface area (Å²) < 4.78 is 5.28. The number of rotatable bonds is 5. The van der Waals surface area contributed by atoms with Crippen LogP contribution in [0.3, 0.4) is 0 Å². The van der Waals surface area contributed by atoms with Gasteiger partial charge in [-0.25, -0.2) is 4.79 Å². The first-order valence-electron chi connectivity index (χ1n) is 5.75. The highest BCUT2D eigenvalue weighted by atomic mass is 32.2. The van der Waals surface area contributed by atoms with E-state index in [0.717, 1.165) is 10.5 Å². The zero-order valence-corrected chi connectivity index (χ0v) is 11.2. The molecule has 0 amide bonds. The van der Waals surface area contributed by atoms with E-state index in [1.54, 1.807) is 24.8 Å². The molecule has 19 heavy (non-hydrogen) atoms. The van der Waals surface area contributed by atoms with Crippen molar-refractivity contribution in [1.29, 1.82) is 0 Å². The van der Waals surface area contributed by atoms with Crippen molar-refractivity contribution in [2.24, 2.45) is 0 Å². The van der Waals surface area contributed by atoms with Crippen molar-refractivity contribution in [3.63, 3.8) is 0 Å². The molecule has 2 N–H and O–H groups in total. The van der Waals surface area contributed by atoms with Gasteiger partial charge in [-0.15, -0.1) is 11.8 Å². The Morgan fingerprint density at radius 3 is 2.53 bits per heavy atom. The fraction of sp³-hybridized carbons (Fsp3) is 0.214. The minimum Gasteiger partial charge on any atom is -0.475 e. The standard InChI is InChI=1S/C14H14O4S/c1-9-6-11(18-13(9)14(16)17)8-19-12-4-2-10(7-15)3-5-12/h2-6,15H,7-8H2,1H3,(H,16,17). The van der Waals surface area contributed by atoms with Crippen LogP contribution >= 0.6 is 11.8 Å². The first-order valence-corrected chi connectivity index (χ1v) is 6.74. The number of carboxylic acids is 1. The summed E-state index contributed by atoms with van der Waals surface area (Å²) in [5, 5.41) is 17.8. The van der Waals surface area contributed by atoms with Crippen LogP contribution in [-0.2, 0) is 12.4 Å². The summed E-state index contributed by atoms with van der Waals surface area (Å²) in [5.41, 5.74) is 1.50. The van der Waals surface area contributed by atoms with Gasteiger partial charge in [-0.1, -0.05) is 12.1 Å². The van der Waals surface area contributed by atoms with Crippen molar-refractivity contribution in [3.05, 3.63) is 53.0 Å². The Kier molecular flexibility index (Phi) is 4.29. The molecule has 5 heteroatoms. The first kappa shape index (κ1) is 13.7. The van der Waals surface area contributed by atoms with Crippen LogP contribution in [0, 0.1) is 6.92 Å². The van der Waals surface area contributed by atoms with Gasteiger partial charge in [0.1, 0.15) is 5.76 Å². The summed E-state index contributed by atoms with van der Waals surface area (Å²) >= 11 is 1.56. The minimum atomic E-state index is -1.04. The Balaban J connectivity index is 2.01. The van der Waals surface area contributed by atoms with E-state index in [4.69, 9.17) is 14.6 Å². The predicted octanol–water partition coefficient (Wildman–Crippen LogP) is 3.07. The van der Waals surface area contributed by atoms with Gasteiger partial charge in [-0.2, -0.15) is 0 Å². The topological polar surface area (TPSA) is 70.7 Å². The molecule has 0 radical (unpaired) electrons. The van der Waals surface area contributed by atoms with Crippen molar-refractivity contribution in [1.82, 2.24) is 0 Å². The molecule has 1 heterocycles. The van der Waals surface area contributed by atoms with Crippen molar-refractivity contribution in [2.45, 2.75) is 24.2 Å². The third-order valence-electron chi connectivity index (χ3n) is 2.65. The molecule has 1 aromatic carbocycles. The molecule has 0 unspecified atom stereocenters. The smallest absolute Gasteiger partial charge is 0.372 e. The number of benzene rings is 1. The van der Waals surface area contributed by atoms with Crippen LogP contribution in [0.5, 0.6) is 0 Å². The highest BCUT2D eigenvalue weighted by molar-refractivity contribution is 7.98. The lowest BCUT2D eigenvalue weighted by atomic mass is 10.2. The van der Waals surface area contributed by atoms with E-state index in [9.17, 15) is 4.79 Å². The molecular formula is C14H14O4S. The van der Waals surface area contributed by atoms with Gasteiger partial charge in [-0.3, -0.25) is 0 Å². The fourth-order valence-electron chi connectivity index (χ4n) is 1.68. The number of thioether (sulfide) groups is 1. The number of aromatic carboxylic acids is 1. The van der Waals surface area contributed by atoms with Gasteiger partial charge < -0.3 is 14.6 Å². The van der Waals surface area contributed by atoms with Gasteiger partial charge in [0, 0.05) is 10.5 Å². The van der Waals surface area contributed by atoms with Crippen LogP contribution in [0.4, 0.5) is 0 Å². The van der Waals surface area contributed by atoms with E-state index in [1.165, 1.54) is 0 Å². The van der Waals surface area contributed by atoms with Gasteiger partial charge in [0.25, 0.3) is 0 Å². The van der Waals surface area contributed by atoms with Crippen LogP contribution in [0.1, 0.15) is 27.4 Å². The average Bonchev–Trinajstić information content (AvgIpc) is 2.78. The Bertz CT molecular complexity index is 572. The quantitative estimate of drug-likeness (QED) is 0.822. The van der Waals surface area contributed by atoms with Crippen LogP contribution in [0.2, 0.25) is 0 Å². The number of hydrogen-bond donors (Lipinski definition) is 2. The molecule has 0 atom stereocenters. The molecule has 0 saturated carbocycles. The lowest BCUT2D eigenvalue weighted by molar-refractivity contribution is 0.0659. The summed E-state index contributed by atoms with van der Waals surface area (Å²) in [6, 6.07) is 9.31. The molecule has 100 valence electrons. The van der Waals surface area contributed by atoms with E-state index >= 15 is 0 Å². The second kappa shape index (κ2) is 5.95. The lowest BCUT2D eigenvalue weighted by Gasteiger charge is -2.01. The number of carbonyl (C=O) groups is 1. The third-order valence-corrected chi connectivity index (χ3v) is 3.68. The summed E-state index contributed by atoms with van der Waals surface area (Å²) in [4.78, 5) is 11.9. The number of aliphatic hydroxyl groups is 1. The maximum absolute atomic E-state index is 10.9. The maximum atomic E-state index is 10.9. The molecule has 0 saturated heterocycles. The number of aryl methyl sites for hydroxylation is 1. The zero-order valence-electron chi connectivity index (χ0n) is 10.4.